The number of hydrogen-bond donors (Lipinski definition) is 0. The highest BCUT2D eigenvalue weighted by atomic mass is 16.1. The fourth-order valence-electron chi connectivity index (χ4n) is 2.54. The van der Waals surface area contributed by atoms with Gasteiger partial charge in [-0.05, 0) is 42.3 Å². The van der Waals surface area contributed by atoms with Gasteiger partial charge in [0.15, 0.2) is 5.82 Å². The fourth-order valence-corrected chi connectivity index (χ4v) is 2.54. The fraction of sp³-hybridized carbons (Fsp3) is 0.357. The molecule has 21 heavy (non-hydrogen) atoms. The molecule has 0 bridgehead atoms. The molecule has 1 fully saturated rings. The molecule has 0 spiro atoms. The minimum Gasteiger partial charge on any atom is -0.297 e. The van der Waals surface area contributed by atoms with Gasteiger partial charge in [-0.25, -0.2) is 9.67 Å². The molecule has 4 rings (SSSR count). The summed E-state index contributed by atoms with van der Waals surface area (Å²) in [5, 5.41) is 11.8. The van der Waals surface area contributed by atoms with Gasteiger partial charge >= 0.3 is 0 Å². The highest BCUT2D eigenvalue weighted by Gasteiger charge is 2.28. The van der Waals surface area contributed by atoms with Gasteiger partial charge in [0.25, 0.3) is 5.56 Å². The lowest BCUT2D eigenvalue weighted by Gasteiger charge is -2.10. The molecule has 2 heterocycles. The maximum Gasteiger partial charge on any atom is 0.272 e. The Bertz CT molecular complexity index is 877. The molecular formula is C14H14N6O. The number of para-hydroxylation sites is 2. The van der Waals surface area contributed by atoms with E-state index in [0.29, 0.717) is 18.3 Å². The Morgan fingerprint density at radius 1 is 1.29 bits per heavy atom. The van der Waals surface area contributed by atoms with Crippen LogP contribution in [0.25, 0.3) is 11.0 Å². The van der Waals surface area contributed by atoms with Crippen LogP contribution in [0.3, 0.4) is 0 Å². The Morgan fingerprint density at radius 2 is 2.10 bits per heavy atom. The molecular weight excluding hydrogens is 268 g/mol. The minimum absolute atomic E-state index is 0.0981. The molecule has 0 amide bonds. The molecule has 1 saturated carbocycles. The van der Waals surface area contributed by atoms with Gasteiger partial charge in [0.1, 0.15) is 5.69 Å². The van der Waals surface area contributed by atoms with E-state index in [1.54, 1.807) is 11.5 Å². The summed E-state index contributed by atoms with van der Waals surface area (Å²) in [6.07, 6.45) is 2.20. The van der Waals surface area contributed by atoms with E-state index in [1.807, 2.05) is 28.9 Å². The van der Waals surface area contributed by atoms with Crippen molar-refractivity contribution in [1.29, 1.82) is 0 Å². The molecule has 1 aromatic carbocycles. The first-order valence-corrected chi connectivity index (χ1v) is 6.97. The van der Waals surface area contributed by atoms with Gasteiger partial charge in [-0.1, -0.05) is 12.1 Å². The first-order chi connectivity index (χ1) is 10.2. The topological polar surface area (TPSA) is 78.5 Å². The second-order valence-electron chi connectivity index (χ2n) is 5.35. The van der Waals surface area contributed by atoms with Gasteiger partial charge in [0.05, 0.1) is 23.6 Å². The third kappa shape index (κ3) is 2.01. The van der Waals surface area contributed by atoms with E-state index in [-0.39, 0.29) is 5.56 Å². The lowest BCUT2D eigenvalue weighted by molar-refractivity contribution is 0.566. The Hall–Kier alpha value is -2.57. The van der Waals surface area contributed by atoms with Gasteiger partial charge in [-0.15, -0.1) is 5.10 Å². The van der Waals surface area contributed by atoms with Crippen molar-refractivity contribution in [2.24, 2.45) is 0 Å². The van der Waals surface area contributed by atoms with E-state index in [0.717, 1.165) is 29.7 Å². The Morgan fingerprint density at radius 3 is 2.90 bits per heavy atom. The quantitative estimate of drug-likeness (QED) is 0.718. The molecule has 106 valence electrons. The van der Waals surface area contributed by atoms with E-state index in [1.165, 1.54) is 0 Å². The number of aryl methyl sites for hydroxylation is 1. The van der Waals surface area contributed by atoms with Crippen molar-refractivity contribution in [3.8, 4) is 0 Å². The van der Waals surface area contributed by atoms with Crippen LogP contribution in [0.5, 0.6) is 0 Å². The molecule has 1 aliphatic carbocycles. The summed E-state index contributed by atoms with van der Waals surface area (Å²) in [5.41, 5.74) is 2.00. The maximum atomic E-state index is 12.4. The molecule has 1 aliphatic rings. The normalized spacial score (nSPS) is 14.7. The summed E-state index contributed by atoms with van der Waals surface area (Å²) in [4.78, 5) is 16.8. The Labute approximate surface area is 120 Å². The van der Waals surface area contributed by atoms with Gasteiger partial charge < -0.3 is 0 Å². The molecule has 0 aliphatic heterocycles. The summed E-state index contributed by atoms with van der Waals surface area (Å²) in [5.74, 6) is 0.718. The molecule has 7 heteroatoms. The monoisotopic (exact) mass is 282 g/mol. The van der Waals surface area contributed by atoms with E-state index in [4.69, 9.17) is 0 Å². The number of tetrazole rings is 1. The van der Waals surface area contributed by atoms with Gasteiger partial charge in [0.2, 0.25) is 0 Å². The second-order valence-corrected chi connectivity index (χ2v) is 5.35. The zero-order chi connectivity index (χ0) is 14.4. The van der Waals surface area contributed by atoms with Crippen LogP contribution in [0.15, 0.2) is 29.1 Å². The zero-order valence-corrected chi connectivity index (χ0v) is 11.6. The Balaban J connectivity index is 1.87. The van der Waals surface area contributed by atoms with Gasteiger partial charge in [0, 0.05) is 0 Å². The summed E-state index contributed by atoms with van der Waals surface area (Å²) in [6.45, 7) is 2.10. The zero-order valence-electron chi connectivity index (χ0n) is 11.6. The predicted molar refractivity (Wildman–Crippen MR) is 75.9 cm³/mol. The van der Waals surface area contributed by atoms with Crippen molar-refractivity contribution >= 4 is 11.0 Å². The van der Waals surface area contributed by atoms with Crippen molar-refractivity contribution in [3.63, 3.8) is 0 Å². The van der Waals surface area contributed by atoms with Crippen LogP contribution >= 0.6 is 0 Å². The second kappa shape index (κ2) is 4.47. The van der Waals surface area contributed by atoms with Crippen molar-refractivity contribution in [3.05, 3.63) is 46.1 Å². The summed E-state index contributed by atoms with van der Waals surface area (Å²) in [7, 11) is 0. The van der Waals surface area contributed by atoms with E-state index >= 15 is 0 Å². The molecule has 0 saturated heterocycles. The molecule has 7 nitrogen and oxygen atoms in total. The third-order valence-corrected chi connectivity index (χ3v) is 3.77. The highest BCUT2D eigenvalue weighted by molar-refractivity contribution is 5.74. The predicted octanol–water partition coefficient (Wildman–Crippen LogP) is 1.07. The van der Waals surface area contributed by atoms with Crippen LogP contribution in [0, 0.1) is 6.92 Å². The van der Waals surface area contributed by atoms with Crippen LogP contribution in [-0.2, 0) is 6.54 Å². The number of fused-ring (bicyclic) bond motifs is 1. The van der Waals surface area contributed by atoms with Crippen molar-refractivity contribution < 1.29 is 0 Å². The first-order valence-electron chi connectivity index (χ1n) is 6.97. The average Bonchev–Trinajstić information content (AvgIpc) is 3.23. The standard InChI is InChI=1S/C14H14N6O/c1-9-14(21)19(12-5-3-2-4-11(12)15-9)8-13-16-17-18-20(13)10-6-7-10/h2-5,10H,6-8H2,1H3. The summed E-state index contributed by atoms with van der Waals surface area (Å²) >= 11 is 0. The maximum absolute atomic E-state index is 12.4. The number of aromatic nitrogens is 6. The number of rotatable bonds is 3. The summed E-state index contributed by atoms with van der Waals surface area (Å²) in [6, 6.07) is 8.01. The van der Waals surface area contributed by atoms with Crippen molar-refractivity contribution in [2.75, 3.05) is 0 Å². The third-order valence-electron chi connectivity index (χ3n) is 3.77. The van der Waals surface area contributed by atoms with E-state index < -0.39 is 0 Å². The van der Waals surface area contributed by atoms with E-state index in [2.05, 4.69) is 20.5 Å². The molecule has 2 aromatic heterocycles. The number of hydrogen-bond acceptors (Lipinski definition) is 5. The smallest absolute Gasteiger partial charge is 0.272 e. The number of nitrogens with zero attached hydrogens (tertiary/aromatic N) is 6. The first kappa shape index (κ1) is 12.2. The largest absolute Gasteiger partial charge is 0.297 e. The van der Waals surface area contributed by atoms with Gasteiger partial charge in [-0.2, -0.15) is 0 Å². The average molecular weight is 282 g/mol. The molecule has 0 radical (unpaired) electrons. The lowest BCUT2D eigenvalue weighted by atomic mass is 10.2. The van der Waals surface area contributed by atoms with Crippen LogP contribution in [0.2, 0.25) is 0 Å². The van der Waals surface area contributed by atoms with Crippen molar-refractivity contribution in [2.45, 2.75) is 32.4 Å². The summed E-state index contributed by atoms with van der Waals surface area (Å²) < 4.78 is 3.53. The SMILES string of the molecule is Cc1nc2ccccc2n(Cc2nnnn2C2CC2)c1=O. The van der Waals surface area contributed by atoms with Crippen LogP contribution in [0.4, 0.5) is 0 Å². The van der Waals surface area contributed by atoms with Crippen LogP contribution in [0.1, 0.15) is 30.4 Å². The highest BCUT2D eigenvalue weighted by Crippen LogP contribution is 2.34. The number of benzene rings is 1. The van der Waals surface area contributed by atoms with Gasteiger partial charge in [-0.3, -0.25) is 9.36 Å². The molecule has 0 unspecified atom stereocenters. The van der Waals surface area contributed by atoms with Crippen LogP contribution < -0.4 is 5.56 Å². The Kier molecular flexibility index (Phi) is 2.60. The molecule has 0 atom stereocenters. The molecule has 3 aromatic rings. The van der Waals surface area contributed by atoms with Crippen molar-refractivity contribution in [1.82, 2.24) is 29.8 Å². The van der Waals surface area contributed by atoms with Crippen LogP contribution in [-0.4, -0.2) is 29.8 Å². The lowest BCUT2D eigenvalue weighted by Crippen LogP contribution is -2.26. The molecule has 0 N–H and O–H groups in total. The minimum atomic E-state index is -0.0981. The van der Waals surface area contributed by atoms with E-state index in [9.17, 15) is 4.79 Å².